The Hall–Kier alpha value is 0.830. The molecular weight excluding hydrogens is 122 g/mol. The molecule has 0 bridgehead atoms. The lowest BCUT2D eigenvalue weighted by Crippen LogP contribution is -2.10. The van der Waals surface area contributed by atoms with Crippen LogP contribution < -0.4 is 0 Å². The van der Waals surface area contributed by atoms with Crippen LogP contribution in [0, 0.1) is 0 Å². The van der Waals surface area contributed by atoms with Crippen molar-refractivity contribution in [2.45, 2.75) is 16.5 Å². The molecule has 1 heterocycles. The Kier molecular flexibility index (Phi) is 2.04. The summed E-state index contributed by atoms with van der Waals surface area (Å²) >= 11 is 8.41. The zero-order chi connectivity index (χ0) is 5.28. The van der Waals surface area contributed by atoms with Crippen molar-refractivity contribution in [2.75, 3.05) is 0 Å². The molecule has 0 aromatic rings. The topological polar surface area (TPSA) is 0 Å². The van der Waals surface area contributed by atoms with Crippen molar-refractivity contribution >= 4 is 39.8 Å². The zero-order valence-electron chi connectivity index (χ0n) is 3.91. The smallest absolute Gasteiger partial charge is 0.132 e. The quantitative estimate of drug-likeness (QED) is 0.340. The van der Waals surface area contributed by atoms with Crippen LogP contribution in [0.25, 0.3) is 0 Å². The van der Waals surface area contributed by atoms with Crippen molar-refractivity contribution in [1.29, 1.82) is 0 Å². The first kappa shape index (κ1) is 5.96. The fourth-order valence-corrected chi connectivity index (χ4v) is 1.44. The fraction of sp³-hybridized carbons (Fsp3) is 1.00. The van der Waals surface area contributed by atoms with Crippen LogP contribution in [0.2, 0.25) is 6.32 Å². The monoisotopic (exact) mass is 128 g/mol. The molecule has 1 saturated heterocycles. The van der Waals surface area contributed by atoms with Gasteiger partial charge in [0.15, 0.2) is 0 Å². The van der Waals surface area contributed by atoms with Gasteiger partial charge in [-0.3, -0.25) is 0 Å². The molecule has 0 N–H and O–H groups in total. The summed E-state index contributed by atoms with van der Waals surface area (Å²) in [6.07, 6.45) is 1.08. The molecule has 1 aliphatic rings. The number of thiol groups is 2. The molecule has 2 atom stereocenters. The molecule has 2 unspecified atom stereocenters. The van der Waals surface area contributed by atoms with Crippen LogP contribution >= 0.6 is 25.3 Å². The predicted molar refractivity (Wildman–Crippen MR) is 41.9 cm³/mol. The minimum atomic E-state index is 0.391. The second kappa shape index (κ2) is 2.40. The van der Waals surface area contributed by atoms with Gasteiger partial charge in [-0.15, -0.1) is 0 Å². The molecule has 1 fully saturated rings. The van der Waals surface area contributed by atoms with Crippen molar-refractivity contribution in [1.82, 2.24) is 0 Å². The Bertz CT molecular complexity index is 60.0. The van der Waals surface area contributed by atoms with Gasteiger partial charge < -0.3 is 0 Å². The van der Waals surface area contributed by atoms with Crippen molar-refractivity contribution < 1.29 is 0 Å². The molecule has 7 heavy (non-hydrogen) atoms. The van der Waals surface area contributed by atoms with Gasteiger partial charge in [0.1, 0.15) is 14.6 Å². The highest BCUT2D eigenvalue weighted by Crippen LogP contribution is 2.13. The third kappa shape index (κ3) is 1.65. The van der Waals surface area contributed by atoms with Crippen molar-refractivity contribution in [2.24, 2.45) is 0 Å². The van der Waals surface area contributed by atoms with Gasteiger partial charge in [0, 0.05) is 0 Å². The summed E-state index contributed by atoms with van der Waals surface area (Å²) in [5.41, 5.74) is 0. The maximum absolute atomic E-state index is 4.22. The van der Waals surface area contributed by atoms with Crippen LogP contribution in [-0.2, 0) is 0 Å². The van der Waals surface area contributed by atoms with Crippen LogP contribution in [0.1, 0.15) is 0 Å². The van der Waals surface area contributed by atoms with E-state index < -0.39 is 0 Å². The normalized spacial score (nSPS) is 39.7. The molecule has 0 aliphatic carbocycles. The van der Waals surface area contributed by atoms with E-state index in [0.29, 0.717) is 10.2 Å². The molecule has 0 aromatic heterocycles. The molecular formula is C3H6B2S2. The third-order valence-electron chi connectivity index (χ3n) is 1.04. The minimum absolute atomic E-state index is 0.391. The Balaban J connectivity index is 2.26. The summed E-state index contributed by atoms with van der Waals surface area (Å²) in [6.45, 7) is 0. The second-order valence-corrected chi connectivity index (χ2v) is 2.98. The molecule has 0 nitrogen and oxygen atoms in total. The third-order valence-corrected chi connectivity index (χ3v) is 1.80. The second-order valence-electron chi connectivity index (χ2n) is 1.72. The standard InChI is InChI=1S/C3H6B2S2/c6-2-1-4-3(7)5-2/h2-3,6-7H,1H2. The summed E-state index contributed by atoms with van der Waals surface area (Å²) in [5, 5.41) is 0.852. The van der Waals surface area contributed by atoms with E-state index in [1.165, 1.54) is 0 Å². The van der Waals surface area contributed by atoms with Crippen LogP contribution in [0.5, 0.6) is 0 Å². The predicted octanol–water partition coefficient (Wildman–Crippen LogP) is 0.296. The molecule has 2 radical (unpaired) electrons. The van der Waals surface area contributed by atoms with Gasteiger partial charge in [-0.25, -0.2) is 0 Å². The first-order valence-electron chi connectivity index (χ1n) is 2.33. The molecule has 1 aliphatic heterocycles. The summed E-state index contributed by atoms with van der Waals surface area (Å²) in [6, 6.07) is 0. The van der Waals surface area contributed by atoms with Crippen LogP contribution in [0.3, 0.4) is 0 Å². The number of hydrogen-bond donors (Lipinski definition) is 2. The SMILES string of the molecule is SC1[B]CC(S)[B]1. The van der Waals surface area contributed by atoms with Gasteiger partial charge >= 0.3 is 0 Å². The summed E-state index contributed by atoms with van der Waals surface area (Å²) < 4.78 is 0. The van der Waals surface area contributed by atoms with Crippen molar-refractivity contribution in [3.63, 3.8) is 0 Å². The molecule has 36 valence electrons. The average Bonchev–Trinajstić information content (AvgIpc) is 1.87. The van der Waals surface area contributed by atoms with E-state index in [9.17, 15) is 0 Å². The first-order valence-corrected chi connectivity index (χ1v) is 3.37. The van der Waals surface area contributed by atoms with Crippen molar-refractivity contribution in [3.8, 4) is 0 Å². The molecule has 0 amide bonds. The Morgan fingerprint density at radius 2 is 2.14 bits per heavy atom. The zero-order valence-corrected chi connectivity index (χ0v) is 5.70. The molecule has 4 heteroatoms. The Morgan fingerprint density at radius 1 is 1.43 bits per heavy atom. The van der Waals surface area contributed by atoms with E-state index in [-0.39, 0.29) is 0 Å². The minimum Gasteiger partial charge on any atom is -0.193 e. The van der Waals surface area contributed by atoms with Crippen molar-refractivity contribution in [3.05, 3.63) is 0 Å². The molecule has 0 saturated carbocycles. The molecule has 0 spiro atoms. The van der Waals surface area contributed by atoms with E-state index in [4.69, 9.17) is 0 Å². The number of hydrogen-bond acceptors (Lipinski definition) is 2. The van der Waals surface area contributed by atoms with E-state index in [1.54, 1.807) is 0 Å². The van der Waals surface area contributed by atoms with E-state index >= 15 is 0 Å². The van der Waals surface area contributed by atoms with Crippen LogP contribution in [0.4, 0.5) is 0 Å². The van der Waals surface area contributed by atoms with Gasteiger partial charge in [0.05, 0.1) is 0 Å². The maximum Gasteiger partial charge on any atom is 0.132 e. The van der Waals surface area contributed by atoms with E-state index in [0.717, 1.165) is 6.32 Å². The Labute approximate surface area is 56.7 Å². The van der Waals surface area contributed by atoms with Gasteiger partial charge in [0.2, 0.25) is 0 Å². The maximum atomic E-state index is 4.22. The largest absolute Gasteiger partial charge is 0.193 e. The lowest BCUT2D eigenvalue weighted by Gasteiger charge is -1.93. The summed E-state index contributed by atoms with van der Waals surface area (Å²) in [7, 11) is 4.27. The van der Waals surface area contributed by atoms with E-state index in [1.807, 2.05) is 0 Å². The lowest BCUT2D eigenvalue weighted by molar-refractivity contribution is 1.40. The highest BCUT2D eigenvalue weighted by molar-refractivity contribution is 7.86. The summed E-state index contributed by atoms with van der Waals surface area (Å²) in [5.74, 6) is 0. The molecule has 1 rings (SSSR count). The highest BCUT2D eigenvalue weighted by Gasteiger charge is 2.20. The van der Waals surface area contributed by atoms with Crippen LogP contribution in [0.15, 0.2) is 0 Å². The summed E-state index contributed by atoms with van der Waals surface area (Å²) in [4.78, 5) is 0. The van der Waals surface area contributed by atoms with Gasteiger partial charge in [-0.2, -0.15) is 25.3 Å². The van der Waals surface area contributed by atoms with Gasteiger partial charge in [-0.05, 0) is 5.15 Å². The van der Waals surface area contributed by atoms with Crippen LogP contribution in [-0.4, -0.2) is 24.8 Å². The Morgan fingerprint density at radius 3 is 2.29 bits per heavy atom. The first-order chi connectivity index (χ1) is 3.29. The highest BCUT2D eigenvalue weighted by atomic mass is 32.1. The van der Waals surface area contributed by atoms with Gasteiger partial charge in [0.25, 0.3) is 0 Å². The number of rotatable bonds is 0. The van der Waals surface area contributed by atoms with Gasteiger partial charge in [-0.1, -0.05) is 11.4 Å². The lowest BCUT2D eigenvalue weighted by atomic mass is 9.65. The molecule has 0 aromatic carbocycles. The van der Waals surface area contributed by atoms with E-state index in [2.05, 4.69) is 39.8 Å². The average molecular weight is 128 g/mol. The fourth-order valence-electron chi connectivity index (χ4n) is 0.664.